The van der Waals surface area contributed by atoms with Crippen LogP contribution in [0, 0.1) is 0 Å². The highest BCUT2D eigenvalue weighted by Crippen LogP contribution is 2.18. The van der Waals surface area contributed by atoms with Crippen LogP contribution in [0.2, 0.25) is 0 Å². The lowest BCUT2D eigenvalue weighted by Crippen LogP contribution is -2.27. The molecule has 1 atom stereocenters. The summed E-state index contributed by atoms with van der Waals surface area (Å²) < 4.78 is 5.19. The van der Waals surface area contributed by atoms with Crippen LogP contribution in [0.3, 0.4) is 0 Å². The zero-order valence-electron chi connectivity index (χ0n) is 14.3. The van der Waals surface area contributed by atoms with Crippen LogP contribution >= 0.6 is 0 Å². The quantitative estimate of drug-likeness (QED) is 0.784. The van der Waals surface area contributed by atoms with E-state index >= 15 is 0 Å². The number of carbonyl (C=O) groups is 2. The zero-order chi connectivity index (χ0) is 18.2. The van der Waals surface area contributed by atoms with E-state index in [1.54, 1.807) is 54.7 Å². The summed E-state index contributed by atoms with van der Waals surface area (Å²) in [6.45, 7) is 1.80. The number of benzene rings is 1. The van der Waals surface area contributed by atoms with Gasteiger partial charge in [0, 0.05) is 25.5 Å². The molecule has 1 heterocycles. The largest absolute Gasteiger partial charge is 0.484 e. The fourth-order valence-electron chi connectivity index (χ4n) is 2.17. The van der Waals surface area contributed by atoms with Crippen molar-refractivity contribution in [2.75, 3.05) is 13.7 Å². The topological polar surface area (TPSA) is 85.5 Å². The molecule has 2 amide bonds. The number of nitrogens with zero attached hydrogens (tertiary/aromatic N) is 2. The first-order chi connectivity index (χ1) is 12.0. The van der Waals surface area contributed by atoms with Crippen molar-refractivity contribution in [3.63, 3.8) is 0 Å². The maximum absolute atomic E-state index is 12.3. The van der Waals surface area contributed by atoms with Gasteiger partial charge in [-0.3, -0.25) is 14.6 Å². The Kier molecular flexibility index (Phi) is 6.28. The van der Waals surface area contributed by atoms with Gasteiger partial charge >= 0.3 is 0 Å². The highest BCUT2D eigenvalue weighted by molar-refractivity contribution is 5.91. The molecule has 25 heavy (non-hydrogen) atoms. The standard InChI is InChI=1S/C19H21N3O3/c1-14(16-9-11-21-12-10-16)22(2)19(24)8-5-15-3-6-17(7-4-15)25-13-18(20)23/h3-12,14H,13H2,1-2H3,(H2,20,23)/b8-5+/t14-/m1/s1. The third kappa shape index (κ3) is 5.46. The van der Waals surface area contributed by atoms with E-state index in [-0.39, 0.29) is 18.6 Å². The Balaban J connectivity index is 1.96. The molecule has 1 aromatic heterocycles. The molecule has 0 bridgehead atoms. The number of aromatic nitrogens is 1. The van der Waals surface area contributed by atoms with Crippen molar-refractivity contribution >= 4 is 17.9 Å². The number of hydrogen-bond acceptors (Lipinski definition) is 4. The summed E-state index contributed by atoms with van der Waals surface area (Å²) in [7, 11) is 1.76. The maximum Gasteiger partial charge on any atom is 0.255 e. The van der Waals surface area contributed by atoms with E-state index < -0.39 is 5.91 Å². The molecular weight excluding hydrogens is 318 g/mol. The van der Waals surface area contributed by atoms with Gasteiger partial charge in [0.2, 0.25) is 5.91 Å². The van der Waals surface area contributed by atoms with Crippen LogP contribution in [0.4, 0.5) is 0 Å². The lowest BCUT2D eigenvalue weighted by atomic mass is 10.1. The van der Waals surface area contributed by atoms with Gasteiger partial charge in [0.25, 0.3) is 5.91 Å². The van der Waals surface area contributed by atoms with Crippen LogP contribution in [0.15, 0.2) is 54.9 Å². The van der Waals surface area contributed by atoms with Crippen molar-refractivity contribution in [3.8, 4) is 5.75 Å². The first-order valence-electron chi connectivity index (χ1n) is 7.83. The third-order valence-electron chi connectivity index (χ3n) is 3.80. The molecule has 0 aliphatic rings. The number of nitrogens with two attached hydrogens (primary N) is 1. The fraction of sp³-hybridized carbons (Fsp3) is 0.211. The van der Waals surface area contributed by atoms with Crippen molar-refractivity contribution in [1.82, 2.24) is 9.88 Å². The van der Waals surface area contributed by atoms with Crippen molar-refractivity contribution in [2.24, 2.45) is 5.73 Å². The summed E-state index contributed by atoms with van der Waals surface area (Å²) in [6, 6.07) is 10.8. The lowest BCUT2D eigenvalue weighted by molar-refractivity contribution is -0.126. The second-order valence-electron chi connectivity index (χ2n) is 5.56. The van der Waals surface area contributed by atoms with Crippen LogP contribution in [0.25, 0.3) is 6.08 Å². The molecule has 2 rings (SSSR count). The van der Waals surface area contributed by atoms with E-state index in [0.29, 0.717) is 5.75 Å². The molecule has 130 valence electrons. The van der Waals surface area contributed by atoms with E-state index in [0.717, 1.165) is 11.1 Å². The summed E-state index contributed by atoms with van der Waals surface area (Å²) in [4.78, 5) is 28.6. The fourth-order valence-corrected chi connectivity index (χ4v) is 2.17. The summed E-state index contributed by atoms with van der Waals surface area (Å²) in [5.74, 6) is -0.0787. The zero-order valence-corrected chi connectivity index (χ0v) is 14.3. The Bertz CT molecular complexity index is 742. The van der Waals surface area contributed by atoms with Crippen LogP contribution in [0.5, 0.6) is 5.75 Å². The van der Waals surface area contributed by atoms with Crippen LogP contribution in [-0.2, 0) is 9.59 Å². The molecule has 1 aromatic carbocycles. The first kappa shape index (κ1) is 18.2. The predicted molar refractivity (Wildman–Crippen MR) is 95.6 cm³/mol. The number of pyridine rings is 1. The molecule has 0 saturated carbocycles. The molecule has 0 saturated heterocycles. The number of rotatable bonds is 7. The Labute approximate surface area is 146 Å². The SMILES string of the molecule is C[C@H](c1ccncc1)N(C)C(=O)/C=C/c1ccc(OCC(N)=O)cc1. The van der Waals surface area contributed by atoms with Crippen molar-refractivity contribution in [2.45, 2.75) is 13.0 Å². The number of ether oxygens (including phenoxy) is 1. The Morgan fingerprint density at radius 2 is 1.84 bits per heavy atom. The Hall–Kier alpha value is -3.15. The first-order valence-corrected chi connectivity index (χ1v) is 7.83. The molecule has 6 nitrogen and oxygen atoms in total. The van der Waals surface area contributed by atoms with Gasteiger partial charge in [-0.15, -0.1) is 0 Å². The number of carbonyl (C=O) groups excluding carboxylic acids is 2. The van der Waals surface area contributed by atoms with Crippen LogP contribution < -0.4 is 10.5 Å². The molecule has 6 heteroatoms. The van der Waals surface area contributed by atoms with Crippen LogP contribution in [-0.4, -0.2) is 35.4 Å². The van der Waals surface area contributed by atoms with Gasteiger partial charge in [-0.1, -0.05) is 12.1 Å². The highest BCUT2D eigenvalue weighted by atomic mass is 16.5. The lowest BCUT2D eigenvalue weighted by Gasteiger charge is -2.23. The van der Waals surface area contributed by atoms with Gasteiger partial charge < -0.3 is 15.4 Å². The monoisotopic (exact) mass is 339 g/mol. The van der Waals surface area contributed by atoms with Gasteiger partial charge in [-0.2, -0.15) is 0 Å². The summed E-state index contributed by atoms with van der Waals surface area (Å²) >= 11 is 0. The summed E-state index contributed by atoms with van der Waals surface area (Å²) in [5.41, 5.74) is 6.90. The number of amides is 2. The Morgan fingerprint density at radius 1 is 1.20 bits per heavy atom. The molecule has 2 N–H and O–H groups in total. The molecular formula is C19H21N3O3. The summed E-state index contributed by atoms with van der Waals surface area (Å²) in [6.07, 6.45) is 6.68. The molecule has 0 fully saturated rings. The van der Waals surface area contributed by atoms with E-state index in [4.69, 9.17) is 10.5 Å². The normalized spacial score (nSPS) is 11.9. The van der Waals surface area contributed by atoms with E-state index in [2.05, 4.69) is 4.98 Å². The second kappa shape index (κ2) is 8.63. The average molecular weight is 339 g/mol. The van der Waals surface area contributed by atoms with E-state index in [9.17, 15) is 9.59 Å². The van der Waals surface area contributed by atoms with E-state index in [1.165, 1.54) is 6.08 Å². The minimum Gasteiger partial charge on any atom is -0.484 e. The summed E-state index contributed by atoms with van der Waals surface area (Å²) in [5, 5.41) is 0. The molecule has 0 aliphatic heterocycles. The van der Waals surface area contributed by atoms with Crippen LogP contribution in [0.1, 0.15) is 24.1 Å². The van der Waals surface area contributed by atoms with Gasteiger partial charge in [0.1, 0.15) is 5.75 Å². The Morgan fingerprint density at radius 3 is 2.44 bits per heavy atom. The molecule has 0 aliphatic carbocycles. The van der Waals surface area contributed by atoms with Gasteiger partial charge in [0.15, 0.2) is 6.61 Å². The number of likely N-dealkylation sites (N-methyl/N-ethyl adjacent to an activating group) is 1. The molecule has 0 spiro atoms. The minimum absolute atomic E-state index is 0.0512. The smallest absolute Gasteiger partial charge is 0.255 e. The molecule has 0 radical (unpaired) electrons. The van der Waals surface area contributed by atoms with Gasteiger partial charge in [-0.25, -0.2) is 0 Å². The predicted octanol–water partition coefficient (Wildman–Crippen LogP) is 2.18. The number of hydrogen-bond donors (Lipinski definition) is 1. The van der Waals surface area contributed by atoms with Crippen molar-refractivity contribution in [3.05, 3.63) is 66.0 Å². The second-order valence-corrected chi connectivity index (χ2v) is 5.56. The molecule has 0 unspecified atom stereocenters. The average Bonchev–Trinajstić information content (AvgIpc) is 2.64. The minimum atomic E-state index is -0.527. The third-order valence-corrected chi connectivity index (χ3v) is 3.80. The van der Waals surface area contributed by atoms with Crippen molar-refractivity contribution in [1.29, 1.82) is 0 Å². The maximum atomic E-state index is 12.3. The van der Waals surface area contributed by atoms with Crippen molar-refractivity contribution < 1.29 is 14.3 Å². The van der Waals surface area contributed by atoms with Gasteiger partial charge in [-0.05, 0) is 48.4 Å². The van der Waals surface area contributed by atoms with Gasteiger partial charge in [0.05, 0.1) is 6.04 Å². The number of primary amides is 1. The van der Waals surface area contributed by atoms with E-state index in [1.807, 2.05) is 19.1 Å². The molecule has 2 aromatic rings. The highest BCUT2D eigenvalue weighted by Gasteiger charge is 2.14.